The van der Waals surface area contributed by atoms with E-state index in [9.17, 15) is 4.79 Å². The molecule has 0 fully saturated rings. The van der Waals surface area contributed by atoms with Crippen molar-refractivity contribution in [2.45, 2.75) is 19.9 Å². The molecule has 0 amide bonds. The highest BCUT2D eigenvalue weighted by Gasteiger charge is 2.18. The summed E-state index contributed by atoms with van der Waals surface area (Å²) < 4.78 is 12.7. The molecule has 0 aliphatic heterocycles. The highest BCUT2D eigenvalue weighted by molar-refractivity contribution is 5.96. The average molecular weight is 362 g/mol. The van der Waals surface area contributed by atoms with Gasteiger partial charge in [-0.2, -0.15) is 0 Å². The molecule has 4 nitrogen and oxygen atoms in total. The maximum absolute atomic E-state index is 12.7. The first-order chi connectivity index (χ1) is 13.2. The molecular weight excluding hydrogens is 338 g/mol. The summed E-state index contributed by atoms with van der Waals surface area (Å²) in [6, 6.07) is 19.7. The number of aromatic nitrogens is 1. The summed E-state index contributed by atoms with van der Waals surface area (Å²) in [5.41, 5.74) is 3.57. The van der Waals surface area contributed by atoms with Crippen LogP contribution in [0.3, 0.4) is 0 Å². The molecule has 0 aliphatic rings. The Hall–Kier alpha value is -3.14. The molecule has 4 heteroatoms. The summed E-state index contributed by atoms with van der Waals surface area (Å²) in [7, 11) is 1.64. The van der Waals surface area contributed by atoms with E-state index >= 15 is 0 Å². The van der Waals surface area contributed by atoms with Gasteiger partial charge >= 0.3 is 5.97 Å². The van der Waals surface area contributed by atoms with Crippen molar-refractivity contribution in [3.05, 3.63) is 84.2 Å². The van der Waals surface area contributed by atoms with Gasteiger partial charge in [0.25, 0.3) is 0 Å². The lowest BCUT2D eigenvalue weighted by atomic mass is 10.0. The fourth-order valence-electron chi connectivity index (χ4n) is 2.90. The summed E-state index contributed by atoms with van der Waals surface area (Å²) >= 11 is 0. The number of carbonyl (C=O) groups is 1. The molecule has 0 N–H and O–H groups in total. The number of pyridine rings is 1. The van der Waals surface area contributed by atoms with Crippen LogP contribution in [0.4, 0.5) is 0 Å². The van der Waals surface area contributed by atoms with Crippen LogP contribution in [0.5, 0.6) is 5.75 Å². The van der Waals surface area contributed by atoms with Gasteiger partial charge in [-0.3, -0.25) is 0 Å². The Morgan fingerprint density at radius 2 is 1.74 bits per heavy atom. The molecule has 0 spiro atoms. The first-order valence-electron chi connectivity index (χ1n) is 9.10. The second-order valence-electron chi connectivity index (χ2n) is 6.20. The van der Waals surface area contributed by atoms with Crippen LogP contribution < -0.4 is 9.30 Å². The van der Waals surface area contributed by atoms with Crippen LogP contribution >= 0.6 is 0 Å². The van der Waals surface area contributed by atoms with Gasteiger partial charge in [-0.25, -0.2) is 9.36 Å². The van der Waals surface area contributed by atoms with E-state index in [-0.39, 0.29) is 5.97 Å². The normalized spacial score (nSPS) is 10.4. The van der Waals surface area contributed by atoms with Crippen LogP contribution in [0.2, 0.25) is 0 Å². The van der Waals surface area contributed by atoms with Gasteiger partial charge < -0.3 is 9.47 Å². The van der Waals surface area contributed by atoms with Gasteiger partial charge in [0, 0.05) is 18.1 Å². The molecule has 3 aromatic rings. The van der Waals surface area contributed by atoms with Crippen molar-refractivity contribution >= 4 is 5.97 Å². The molecule has 0 unspecified atom stereocenters. The van der Waals surface area contributed by atoms with E-state index in [0.717, 1.165) is 29.0 Å². The van der Waals surface area contributed by atoms with E-state index in [0.29, 0.717) is 18.6 Å². The van der Waals surface area contributed by atoms with E-state index in [2.05, 4.69) is 0 Å². The van der Waals surface area contributed by atoms with Gasteiger partial charge in [-0.1, -0.05) is 42.5 Å². The molecule has 2 aromatic carbocycles. The van der Waals surface area contributed by atoms with Crippen LogP contribution in [-0.4, -0.2) is 19.7 Å². The molecule has 0 atom stereocenters. The fraction of sp³-hybridized carbons (Fsp3) is 0.217. The number of carbonyl (C=O) groups excluding carboxylic acids is 1. The Bertz CT molecular complexity index is 889. The molecule has 0 aliphatic carbocycles. The van der Waals surface area contributed by atoms with E-state index in [1.165, 1.54) is 0 Å². The summed E-state index contributed by atoms with van der Waals surface area (Å²) in [5.74, 6) is 0.516. The largest absolute Gasteiger partial charge is 0.497 e. The molecule has 27 heavy (non-hydrogen) atoms. The zero-order valence-electron chi connectivity index (χ0n) is 15.7. The summed E-state index contributed by atoms with van der Waals surface area (Å²) in [4.78, 5) is 12.7. The molecule has 3 rings (SSSR count). The van der Waals surface area contributed by atoms with Crippen molar-refractivity contribution in [1.29, 1.82) is 0 Å². The number of methoxy groups -OCH3 is 1. The van der Waals surface area contributed by atoms with Crippen molar-refractivity contribution < 1.29 is 18.8 Å². The van der Waals surface area contributed by atoms with Crippen molar-refractivity contribution in [2.24, 2.45) is 0 Å². The van der Waals surface area contributed by atoms with Gasteiger partial charge in [0.2, 0.25) is 0 Å². The number of ether oxygens (including phenoxy) is 2. The molecule has 0 bridgehead atoms. The second kappa shape index (κ2) is 8.99. The van der Waals surface area contributed by atoms with E-state index in [1.54, 1.807) is 7.11 Å². The van der Waals surface area contributed by atoms with E-state index < -0.39 is 0 Å². The van der Waals surface area contributed by atoms with Crippen LogP contribution in [-0.2, 0) is 17.7 Å². The first kappa shape index (κ1) is 18.6. The smallest absolute Gasteiger partial charge is 0.344 e. The monoisotopic (exact) mass is 362 g/mol. The van der Waals surface area contributed by atoms with Crippen LogP contribution in [0.15, 0.2) is 73.1 Å². The molecule has 0 saturated carbocycles. The molecule has 1 heterocycles. The van der Waals surface area contributed by atoms with Crippen LogP contribution in [0.25, 0.3) is 11.1 Å². The minimum absolute atomic E-state index is 0.301. The van der Waals surface area contributed by atoms with E-state index in [4.69, 9.17) is 9.47 Å². The summed E-state index contributed by atoms with van der Waals surface area (Å²) in [6.07, 6.45) is 4.51. The average Bonchev–Trinajstić information content (AvgIpc) is 2.74. The number of rotatable bonds is 7. The van der Waals surface area contributed by atoms with Crippen molar-refractivity contribution in [3.63, 3.8) is 0 Å². The molecule has 0 radical (unpaired) electrons. The van der Waals surface area contributed by atoms with Crippen molar-refractivity contribution in [3.8, 4) is 16.9 Å². The first-order valence-corrected chi connectivity index (χ1v) is 9.10. The lowest BCUT2D eigenvalue weighted by Gasteiger charge is -2.09. The second-order valence-corrected chi connectivity index (χ2v) is 6.20. The zero-order chi connectivity index (χ0) is 19.1. The Morgan fingerprint density at radius 1 is 1.00 bits per heavy atom. The molecular formula is C23H24NO3+. The minimum Gasteiger partial charge on any atom is -0.497 e. The SMILES string of the molecule is CC[n+]1ccc(-c2ccccc2)c(C(=O)OCCc2ccc(OC)cc2)c1. The van der Waals surface area contributed by atoms with E-state index in [1.807, 2.05) is 84.5 Å². The van der Waals surface area contributed by atoms with Crippen molar-refractivity contribution in [1.82, 2.24) is 0 Å². The van der Waals surface area contributed by atoms with Crippen molar-refractivity contribution in [2.75, 3.05) is 13.7 Å². The fourth-order valence-corrected chi connectivity index (χ4v) is 2.90. The maximum atomic E-state index is 12.7. The Morgan fingerprint density at radius 3 is 2.41 bits per heavy atom. The van der Waals surface area contributed by atoms with Crippen LogP contribution in [0, 0.1) is 0 Å². The molecule has 1 aromatic heterocycles. The Kier molecular flexibility index (Phi) is 6.21. The molecule has 138 valence electrons. The lowest BCUT2D eigenvalue weighted by molar-refractivity contribution is -0.693. The third-order valence-electron chi connectivity index (χ3n) is 4.47. The number of hydrogen-bond acceptors (Lipinski definition) is 3. The lowest BCUT2D eigenvalue weighted by Crippen LogP contribution is -2.33. The quantitative estimate of drug-likeness (QED) is 0.470. The maximum Gasteiger partial charge on any atom is 0.344 e. The Labute approximate surface area is 160 Å². The topological polar surface area (TPSA) is 39.4 Å². The number of hydrogen-bond donors (Lipinski definition) is 0. The number of esters is 1. The van der Waals surface area contributed by atoms with Gasteiger partial charge in [0.15, 0.2) is 12.4 Å². The molecule has 0 saturated heterocycles. The third kappa shape index (κ3) is 4.73. The van der Waals surface area contributed by atoms with Gasteiger partial charge in [0.1, 0.15) is 17.9 Å². The Balaban J connectivity index is 1.73. The number of aryl methyl sites for hydroxylation is 1. The third-order valence-corrected chi connectivity index (χ3v) is 4.47. The van der Waals surface area contributed by atoms with Gasteiger partial charge in [-0.05, 0) is 30.2 Å². The highest BCUT2D eigenvalue weighted by Crippen LogP contribution is 2.23. The minimum atomic E-state index is -0.301. The predicted molar refractivity (Wildman–Crippen MR) is 105 cm³/mol. The number of nitrogens with zero attached hydrogens (tertiary/aromatic N) is 1. The number of benzene rings is 2. The van der Waals surface area contributed by atoms with Gasteiger partial charge in [-0.15, -0.1) is 0 Å². The van der Waals surface area contributed by atoms with Crippen LogP contribution in [0.1, 0.15) is 22.8 Å². The highest BCUT2D eigenvalue weighted by atomic mass is 16.5. The van der Waals surface area contributed by atoms with Gasteiger partial charge in [0.05, 0.1) is 13.7 Å². The standard InChI is InChI=1S/C23H24NO3/c1-3-24-15-13-21(19-7-5-4-6-8-19)22(17-24)23(25)27-16-14-18-9-11-20(26-2)12-10-18/h4-13,15,17H,3,14,16H2,1-2H3/q+1. The summed E-state index contributed by atoms with van der Waals surface area (Å²) in [6.45, 7) is 3.17. The summed E-state index contributed by atoms with van der Waals surface area (Å²) in [5, 5.41) is 0. The predicted octanol–water partition coefficient (Wildman–Crippen LogP) is 4.07. The zero-order valence-corrected chi connectivity index (χ0v) is 15.7.